The van der Waals surface area contributed by atoms with Gasteiger partial charge in [0.1, 0.15) is 0 Å². The molecular weight excluding hydrogens is 186 g/mol. The fourth-order valence-corrected chi connectivity index (χ4v) is 1.98. The van der Waals surface area contributed by atoms with Crippen LogP contribution in [-0.4, -0.2) is 10.4 Å². The molecule has 0 saturated heterocycles. The standard InChI is InChI=1S/C13H15NO/c1-8-9(2)14(4)13-6-5-11(10(3)15)7-12(8)13/h5-7H,1-4H3. The topological polar surface area (TPSA) is 22.0 Å². The van der Waals surface area contributed by atoms with E-state index in [0.717, 1.165) is 5.56 Å². The van der Waals surface area contributed by atoms with Crippen molar-refractivity contribution < 1.29 is 4.79 Å². The first-order chi connectivity index (χ1) is 7.02. The van der Waals surface area contributed by atoms with Crippen LogP contribution < -0.4 is 0 Å². The van der Waals surface area contributed by atoms with Crippen molar-refractivity contribution >= 4 is 16.7 Å². The van der Waals surface area contributed by atoms with Crippen LogP contribution in [-0.2, 0) is 7.05 Å². The van der Waals surface area contributed by atoms with Gasteiger partial charge in [-0.15, -0.1) is 0 Å². The molecule has 0 spiro atoms. The number of carbonyl (C=O) groups is 1. The van der Waals surface area contributed by atoms with Gasteiger partial charge in [-0.1, -0.05) is 0 Å². The summed E-state index contributed by atoms with van der Waals surface area (Å²) in [6.45, 7) is 5.80. The van der Waals surface area contributed by atoms with E-state index in [1.807, 2.05) is 18.2 Å². The number of hydrogen-bond donors (Lipinski definition) is 0. The van der Waals surface area contributed by atoms with Gasteiger partial charge in [0.15, 0.2) is 5.78 Å². The molecule has 0 bridgehead atoms. The van der Waals surface area contributed by atoms with Crippen LogP contribution >= 0.6 is 0 Å². The second kappa shape index (κ2) is 3.23. The molecule has 0 unspecified atom stereocenters. The van der Waals surface area contributed by atoms with Crippen molar-refractivity contribution in [2.24, 2.45) is 7.05 Å². The van der Waals surface area contributed by atoms with Crippen LogP contribution in [0.5, 0.6) is 0 Å². The monoisotopic (exact) mass is 201 g/mol. The van der Waals surface area contributed by atoms with Crippen molar-refractivity contribution in [1.82, 2.24) is 4.57 Å². The van der Waals surface area contributed by atoms with Gasteiger partial charge < -0.3 is 4.57 Å². The number of nitrogens with zero attached hydrogens (tertiary/aromatic N) is 1. The largest absolute Gasteiger partial charge is 0.348 e. The molecule has 1 aromatic heterocycles. The van der Waals surface area contributed by atoms with Gasteiger partial charge in [0.25, 0.3) is 0 Å². The Morgan fingerprint density at radius 1 is 1.27 bits per heavy atom. The lowest BCUT2D eigenvalue weighted by Crippen LogP contribution is -1.92. The predicted octanol–water partition coefficient (Wildman–Crippen LogP) is 3.00. The van der Waals surface area contributed by atoms with E-state index < -0.39 is 0 Å². The van der Waals surface area contributed by atoms with Crippen LogP contribution in [0.15, 0.2) is 18.2 Å². The fourth-order valence-electron chi connectivity index (χ4n) is 1.98. The van der Waals surface area contributed by atoms with Crippen LogP contribution in [0.4, 0.5) is 0 Å². The molecule has 0 aliphatic carbocycles. The maximum Gasteiger partial charge on any atom is 0.159 e. The molecule has 0 aliphatic rings. The lowest BCUT2D eigenvalue weighted by atomic mass is 10.1. The molecule has 0 N–H and O–H groups in total. The lowest BCUT2D eigenvalue weighted by Gasteiger charge is -1.99. The second-order valence-corrected chi connectivity index (χ2v) is 4.06. The van der Waals surface area contributed by atoms with Gasteiger partial charge in [0, 0.05) is 29.2 Å². The van der Waals surface area contributed by atoms with Crippen molar-refractivity contribution in [3.63, 3.8) is 0 Å². The Kier molecular flexibility index (Phi) is 2.14. The Hall–Kier alpha value is -1.57. The third-order valence-corrected chi connectivity index (χ3v) is 3.21. The van der Waals surface area contributed by atoms with Crippen molar-refractivity contribution in [2.45, 2.75) is 20.8 Å². The van der Waals surface area contributed by atoms with Gasteiger partial charge in [-0.3, -0.25) is 4.79 Å². The van der Waals surface area contributed by atoms with Gasteiger partial charge >= 0.3 is 0 Å². The summed E-state index contributed by atoms with van der Waals surface area (Å²) < 4.78 is 2.16. The van der Waals surface area contributed by atoms with Crippen molar-refractivity contribution in [1.29, 1.82) is 0 Å². The number of carbonyl (C=O) groups excluding carboxylic acids is 1. The van der Waals surface area contributed by atoms with E-state index in [9.17, 15) is 4.79 Å². The number of aryl methyl sites for hydroxylation is 2. The minimum Gasteiger partial charge on any atom is -0.348 e. The van der Waals surface area contributed by atoms with E-state index in [1.54, 1.807) is 6.92 Å². The molecule has 2 aromatic rings. The Bertz CT molecular complexity index is 549. The third-order valence-electron chi connectivity index (χ3n) is 3.21. The summed E-state index contributed by atoms with van der Waals surface area (Å²) >= 11 is 0. The Morgan fingerprint density at radius 2 is 1.93 bits per heavy atom. The number of ketones is 1. The number of Topliss-reactive ketones (excluding diaryl/α,β-unsaturated/α-hetero) is 1. The predicted molar refractivity (Wildman–Crippen MR) is 62.4 cm³/mol. The minimum absolute atomic E-state index is 0.123. The molecule has 0 radical (unpaired) electrons. The van der Waals surface area contributed by atoms with Crippen molar-refractivity contribution in [2.75, 3.05) is 0 Å². The molecule has 0 saturated carbocycles. The Balaban J connectivity index is 2.82. The molecule has 0 atom stereocenters. The normalized spacial score (nSPS) is 10.9. The Labute approximate surface area is 89.5 Å². The van der Waals surface area contributed by atoms with Gasteiger partial charge in [-0.05, 0) is 44.5 Å². The summed E-state index contributed by atoms with van der Waals surface area (Å²) in [5, 5.41) is 1.18. The van der Waals surface area contributed by atoms with Gasteiger partial charge in [-0.25, -0.2) is 0 Å². The van der Waals surface area contributed by atoms with E-state index in [1.165, 1.54) is 22.2 Å². The highest BCUT2D eigenvalue weighted by Crippen LogP contribution is 2.25. The van der Waals surface area contributed by atoms with Crippen molar-refractivity contribution in [3.05, 3.63) is 35.0 Å². The molecule has 0 amide bonds. The minimum atomic E-state index is 0.123. The summed E-state index contributed by atoms with van der Waals surface area (Å²) in [6, 6.07) is 5.90. The molecule has 1 heterocycles. The summed E-state index contributed by atoms with van der Waals surface area (Å²) in [5.41, 5.74) is 4.49. The SMILES string of the molecule is CC(=O)c1ccc2c(c1)c(C)c(C)n2C. The average Bonchev–Trinajstić information content (AvgIpc) is 2.44. The smallest absolute Gasteiger partial charge is 0.159 e. The van der Waals surface area contributed by atoms with Crippen LogP contribution in [0.2, 0.25) is 0 Å². The summed E-state index contributed by atoms with van der Waals surface area (Å²) in [5.74, 6) is 0.123. The number of rotatable bonds is 1. The first-order valence-corrected chi connectivity index (χ1v) is 5.09. The fraction of sp³-hybridized carbons (Fsp3) is 0.308. The first kappa shape index (κ1) is 9.97. The quantitative estimate of drug-likeness (QED) is 0.650. The average molecular weight is 201 g/mol. The number of benzene rings is 1. The van der Waals surface area contributed by atoms with Crippen LogP contribution in [0.1, 0.15) is 28.5 Å². The van der Waals surface area contributed by atoms with Crippen LogP contribution in [0.25, 0.3) is 10.9 Å². The summed E-state index contributed by atoms with van der Waals surface area (Å²) in [4.78, 5) is 11.3. The molecule has 78 valence electrons. The van der Waals surface area contributed by atoms with Gasteiger partial charge in [0.2, 0.25) is 0 Å². The van der Waals surface area contributed by atoms with Crippen LogP contribution in [0.3, 0.4) is 0 Å². The zero-order valence-electron chi connectivity index (χ0n) is 9.59. The van der Waals surface area contributed by atoms with E-state index in [0.29, 0.717) is 0 Å². The molecule has 0 fully saturated rings. The van der Waals surface area contributed by atoms with Gasteiger partial charge in [0.05, 0.1) is 0 Å². The van der Waals surface area contributed by atoms with E-state index >= 15 is 0 Å². The lowest BCUT2D eigenvalue weighted by molar-refractivity contribution is 0.101. The zero-order valence-corrected chi connectivity index (χ0v) is 9.59. The highest BCUT2D eigenvalue weighted by Gasteiger charge is 2.09. The highest BCUT2D eigenvalue weighted by atomic mass is 16.1. The summed E-state index contributed by atoms with van der Waals surface area (Å²) in [6.07, 6.45) is 0. The Morgan fingerprint density at radius 3 is 2.53 bits per heavy atom. The maximum atomic E-state index is 11.3. The molecule has 1 aromatic carbocycles. The molecule has 0 aliphatic heterocycles. The number of aromatic nitrogens is 1. The molecule has 2 heteroatoms. The number of hydrogen-bond acceptors (Lipinski definition) is 1. The van der Waals surface area contributed by atoms with E-state index in [2.05, 4.69) is 25.5 Å². The molecular formula is C13H15NO. The van der Waals surface area contributed by atoms with Gasteiger partial charge in [-0.2, -0.15) is 0 Å². The van der Waals surface area contributed by atoms with Crippen molar-refractivity contribution in [3.8, 4) is 0 Å². The number of fused-ring (bicyclic) bond motifs is 1. The maximum absolute atomic E-state index is 11.3. The second-order valence-electron chi connectivity index (χ2n) is 4.06. The summed E-state index contributed by atoms with van der Waals surface area (Å²) in [7, 11) is 2.05. The first-order valence-electron chi connectivity index (χ1n) is 5.09. The van der Waals surface area contributed by atoms with Crippen LogP contribution in [0, 0.1) is 13.8 Å². The van der Waals surface area contributed by atoms with E-state index in [-0.39, 0.29) is 5.78 Å². The molecule has 15 heavy (non-hydrogen) atoms. The highest BCUT2D eigenvalue weighted by molar-refractivity contribution is 5.99. The third kappa shape index (κ3) is 1.37. The zero-order chi connectivity index (χ0) is 11.2. The molecule has 2 nitrogen and oxygen atoms in total. The molecule has 2 rings (SSSR count). The van der Waals surface area contributed by atoms with E-state index in [4.69, 9.17) is 0 Å².